The van der Waals surface area contributed by atoms with Crippen molar-refractivity contribution in [2.45, 2.75) is 13.3 Å². The Hall–Kier alpha value is -2.40. The third-order valence-corrected chi connectivity index (χ3v) is 4.09. The standard InChI is InChI=1S/C17H15ClN2O3/c1-11-9-20-5-2-3-14(17(20)19-11)21-6-4-12-7-15-16(8-13(12)18)23-10-22-15/h2-3,5,7-9H,4,6,10H2,1H3. The van der Waals surface area contributed by atoms with Crippen LogP contribution >= 0.6 is 11.6 Å². The maximum absolute atomic E-state index is 6.28. The average Bonchev–Trinajstić information content (AvgIpc) is 3.12. The van der Waals surface area contributed by atoms with Crippen LogP contribution in [0.3, 0.4) is 0 Å². The van der Waals surface area contributed by atoms with E-state index in [1.807, 2.05) is 41.9 Å². The molecule has 5 nitrogen and oxygen atoms in total. The van der Waals surface area contributed by atoms with Crippen LogP contribution in [0.15, 0.2) is 36.7 Å². The molecule has 0 aliphatic carbocycles. The highest BCUT2D eigenvalue weighted by Gasteiger charge is 2.16. The van der Waals surface area contributed by atoms with Gasteiger partial charge in [-0.3, -0.25) is 0 Å². The molecule has 4 rings (SSSR count). The minimum atomic E-state index is 0.243. The second-order valence-electron chi connectivity index (χ2n) is 5.38. The summed E-state index contributed by atoms with van der Waals surface area (Å²) in [5.41, 5.74) is 2.75. The van der Waals surface area contributed by atoms with Crippen LogP contribution in [0.2, 0.25) is 5.02 Å². The Morgan fingerprint density at radius 3 is 3.00 bits per heavy atom. The summed E-state index contributed by atoms with van der Waals surface area (Å²) in [6.45, 7) is 2.71. The molecule has 3 aromatic rings. The predicted octanol–water partition coefficient (Wildman–Crippen LogP) is 3.65. The molecule has 0 bridgehead atoms. The fourth-order valence-electron chi connectivity index (χ4n) is 2.64. The maximum Gasteiger partial charge on any atom is 0.231 e. The number of fused-ring (bicyclic) bond motifs is 2. The first-order valence-corrected chi connectivity index (χ1v) is 7.73. The van der Waals surface area contributed by atoms with Crippen LogP contribution in [-0.2, 0) is 6.42 Å². The van der Waals surface area contributed by atoms with E-state index in [2.05, 4.69) is 4.98 Å². The molecule has 0 saturated heterocycles. The lowest BCUT2D eigenvalue weighted by molar-refractivity contribution is 0.174. The number of ether oxygens (including phenoxy) is 3. The monoisotopic (exact) mass is 330 g/mol. The fourth-order valence-corrected chi connectivity index (χ4v) is 2.89. The van der Waals surface area contributed by atoms with E-state index in [1.54, 1.807) is 6.07 Å². The van der Waals surface area contributed by atoms with Crippen LogP contribution in [0.4, 0.5) is 0 Å². The summed E-state index contributed by atoms with van der Waals surface area (Å²) >= 11 is 6.28. The van der Waals surface area contributed by atoms with Crippen molar-refractivity contribution in [3.05, 3.63) is 52.9 Å². The van der Waals surface area contributed by atoms with Gasteiger partial charge in [0.15, 0.2) is 22.9 Å². The lowest BCUT2D eigenvalue weighted by Crippen LogP contribution is -2.03. The topological polar surface area (TPSA) is 45.0 Å². The number of hydrogen-bond donors (Lipinski definition) is 0. The van der Waals surface area contributed by atoms with E-state index in [0.29, 0.717) is 23.8 Å². The lowest BCUT2D eigenvalue weighted by atomic mass is 10.1. The number of hydrogen-bond acceptors (Lipinski definition) is 4. The van der Waals surface area contributed by atoms with Crippen molar-refractivity contribution in [1.29, 1.82) is 0 Å². The number of pyridine rings is 1. The highest BCUT2D eigenvalue weighted by molar-refractivity contribution is 6.31. The maximum atomic E-state index is 6.28. The Kier molecular flexibility index (Phi) is 3.50. The molecule has 0 atom stereocenters. The predicted molar refractivity (Wildman–Crippen MR) is 86.7 cm³/mol. The van der Waals surface area contributed by atoms with Gasteiger partial charge in [-0.15, -0.1) is 0 Å². The molecular formula is C17H15ClN2O3. The Labute approximate surface area is 138 Å². The molecule has 0 unspecified atom stereocenters. The largest absolute Gasteiger partial charge is 0.489 e. The molecule has 1 aromatic carbocycles. The van der Waals surface area contributed by atoms with Crippen LogP contribution in [-0.4, -0.2) is 22.8 Å². The number of rotatable bonds is 4. The average molecular weight is 331 g/mol. The smallest absolute Gasteiger partial charge is 0.231 e. The van der Waals surface area contributed by atoms with Crippen molar-refractivity contribution in [1.82, 2.24) is 9.38 Å². The van der Waals surface area contributed by atoms with Gasteiger partial charge in [0.05, 0.1) is 12.3 Å². The number of imidazole rings is 1. The highest BCUT2D eigenvalue weighted by Crippen LogP contribution is 2.37. The normalized spacial score (nSPS) is 12.8. The van der Waals surface area contributed by atoms with Crippen molar-refractivity contribution >= 4 is 17.2 Å². The Morgan fingerprint density at radius 2 is 2.13 bits per heavy atom. The molecule has 0 amide bonds. The van der Waals surface area contributed by atoms with E-state index in [0.717, 1.165) is 28.4 Å². The summed E-state index contributed by atoms with van der Waals surface area (Å²) in [5, 5.41) is 0.660. The van der Waals surface area contributed by atoms with Crippen LogP contribution in [0.5, 0.6) is 17.2 Å². The van der Waals surface area contributed by atoms with E-state index in [4.69, 9.17) is 25.8 Å². The number of nitrogens with zero attached hydrogens (tertiary/aromatic N) is 2. The molecule has 6 heteroatoms. The number of halogens is 1. The van der Waals surface area contributed by atoms with Gasteiger partial charge in [-0.1, -0.05) is 11.6 Å². The zero-order valence-corrected chi connectivity index (χ0v) is 13.3. The van der Waals surface area contributed by atoms with E-state index < -0.39 is 0 Å². The highest BCUT2D eigenvalue weighted by atomic mass is 35.5. The summed E-state index contributed by atoms with van der Waals surface area (Å²) in [4.78, 5) is 4.48. The second kappa shape index (κ2) is 5.66. The second-order valence-corrected chi connectivity index (χ2v) is 5.79. The third kappa shape index (κ3) is 2.68. The van der Waals surface area contributed by atoms with Crippen molar-refractivity contribution in [2.24, 2.45) is 0 Å². The molecule has 0 saturated carbocycles. The summed E-state index contributed by atoms with van der Waals surface area (Å²) in [6, 6.07) is 7.56. The van der Waals surface area contributed by atoms with Gasteiger partial charge in [0.1, 0.15) is 0 Å². The van der Waals surface area contributed by atoms with Crippen molar-refractivity contribution < 1.29 is 14.2 Å². The van der Waals surface area contributed by atoms with Crippen molar-refractivity contribution in [3.63, 3.8) is 0 Å². The lowest BCUT2D eigenvalue weighted by Gasteiger charge is -2.09. The number of aryl methyl sites for hydroxylation is 1. The van der Waals surface area contributed by atoms with Crippen LogP contribution in [0.1, 0.15) is 11.3 Å². The number of aromatic nitrogens is 2. The molecular weight excluding hydrogens is 316 g/mol. The molecule has 1 aliphatic heterocycles. The van der Waals surface area contributed by atoms with Gasteiger partial charge in [0, 0.05) is 29.9 Å². The van der Waals surface area contributed by atoms with Crippen LogP contribution in [0.25, 0.3) is 5.65 Å². The van der Waals surface area contributed by atoms with Gasteiger partial charge in [-0.25, -0.2) is 4.98 Å². The summed E-state index contributed by atoms with van der Waals surface area (Å²) in [6.07, 6.45) is 4.60. The SMILES string of the molecule is Cc1cn2cccc(OCCc3cc4c(cc3Cl)OCO4)c2n1. The molecule has 1 aliphatic rings. The van der Waals surface area contributed by atoms with E-state index >= 15 is 0 Å². The van der Waals surface area contributed by atoms with Crippen molar-refractivity contribution in [3.8, 4) is 17.2 Å². The Bertz CT molecular complexity index is 876. The summed E-state index contributed by atoms with van der Waals surface area (Å²) < 4.78 is 18.5. The van der Waals surface area contributed by atoms with Crippen LogP contribution < -0.4 is 14.2 Å². The number of benzene rings is 1. The Morgan fingerprint density at radius 1 is 1.30 bits per heavy atom. The van der Waals surface area contributed by atoms with Gasteiger partial charge in [0.25, 0.3) is 0 Å². The van der Waals surface area contributed by atoms with E-state index in [-0.39, 0.29) is 6.79 Å². The third-order valence-electron chi connectivity index (χ3n) is 3.74. The van der Waals surface area contributed by atoms with Gasteiger partial charge >= 0.3 is 0 Å². The zero-order valence-electron chi connectivity index (χ0n) is 12.6. The van der Waals surface area contributed by atoms with Gasteiger partial charge in [-0.2, -0.15) is 0 Å². The molecule has 3 heterocycles. The van der Waals surface area contributed by atoms with Gasteiger partial charge < -0.3 is 18.6 Å². The molecule has 118 valence electrons. The Balaban J connectivity index is 1.49. The molecule has 2 aromatic heterocycles. The minimum Gasteiger partial charge on any atom is -0.489 e. The molecule has 23 heavy (non-hydrogen) atoms. The first-order chi connectivity index (χ1) is 11.2. The summed E-state index contributed by atoms with van der Waals surface area (Å²) in [7, 11) is 0. The first kappa shape index (κ1) is 14.2. The van der Waals surface area contributed by atoms with Gasteiger partial charge in [0.2, 0.25) is 6.79 Å². The molecule has 0 spiro atoms. The van der Waals surface area contributed by atoms with Gasteiger partial charge in [-0.05, 0) is 30.7 Å². The minimum absolute atomic E-state index is 0.243. The zero-order chi connectivity index (χ0) is 15.8. The summed E-state index contributed by atoms with van der Waals surface area (Å²) in [5.74, 6) is 2.19. The van der Waals surface area contributed by atoms with Crippen LogP contribution in [0, 0.1) is 6.92 Å². The fraction of sp³-hybridized carbons (Fsp3) is 0.235. The quantitative estimate of drug-likeness (QED) is 0.732. The van der Waals surface area contributed by atoms with E-state index in [1.165, 1.54) is 0 Å². The first-order valence-electron chi connectivity index (χ1n) is 7.36. The molecule has 0 N–H and O–H groups in total. The molecule has 0 fully saturated rings. The van der Waals surface area contributed by atoms with Crippen molar-refractivity contribution in [2.75, 3.05) is 13.4 Å². The molecule has 0 radical (unpaired) electrons. The van der Waals surface area contributed by atoms with E-state index in [9.17, 15) is 0 Å².